The number of likely N-dealkylation sites (tertiary alicyclic amines) is 3. The Kier molecular flexibility index (Phi) is 25.6. The number of fused-ring (bicyclic) bond motifs is 3. The smallest absolute Gasteiger partial charge is 0.248 e. The number of benzene rings is 5. The summed E-state index contributed by atoms with van der Waals surface area (Å²) in [6.07, 6.45) is 14.2. The van der Waals surface area contributed by atoms with Gasteiger partial charge in [0.1, 0.15) is 96.6 Å². The number of ketones is 3. The third kappa shape index (κ3) is 19.7. The molecule has 0 bridgehead atoms. The zero-order valence-electron chi connectivity index (χ0n) is 64.5. The molecule has 6 N–H and O–H groups in total. The summed E-state index contributed by atoms with van der Waals surface area (Å²) in [6.45, 7) is 3.09. The number of nitrogens with one attached hydrogen (secondary N) is 6. The molecule has 11 heterocycles. The molecule has 3 aliphatic heterocycles. The first kappa shape index (κ1) is 83.8. The van der Waals surface area contributed by atoms with Crippen LogP contribution in [0.2, 0.25) is 10.2 Å². The maximum Gasteiger partial charge on any atom is 0.248 e. The SMILES string of the molecule is CC(=O)c1cn(CC(=O)N2C[C@H](F)C[C@H]2C(=O)Nc2cccc(-c3ccccc3Cl)c2F)c2ccc(Nc3cncnc3)cc12.CC(=O)c1cn(CC(=O)N2C[C@H](F)C[C@H]2C(=O)Nc2cccc(Br)n2)c2ccc(Nc3cncnc3)cc12.CC(=O)c1cn(CC(=O)N2C[C@H](F)C[C@H]2C(=O)Nc2cccc(Cl)n2)c2ccc(Nc3cncnc3)cc12. The van der Waals surface area contributed by atoms with E-state index >= 15 is 4.39 Å². The number of carbonyl (C=O) groups is 9. The normalized spacial score (nSPS) is 16.7. The zero-order valence-corrected chi connectivity index (χ0v) is 67.6. The monoisotopic (exact) mass is 1740 g/mol. The number of anilines is 9. The molecule has 0 radical (unpaired) electrons. The summed E-state index contributed by atoms with van der Waals surface area (Å²) in [5.41, 5.74) is 7.88. The van der Waals surface area contributed by atoms with Gasteiger partial charge in [0.25, 0.3) is 0 Å². The van der Waals surface area contributed by atoms with Crippen molar-refractivity contribution >= 4 is 176 Å². The minimum atomic E-state index is -1.44. The molecule has 29 nitrogen and oxygen atoms in total. The minimum absolute atomic E-state index is 0.102. The summed E-state index contributed by atoms with van der Waals surface area (Å²) in [4.78, 5) is 152. The molecule has 0 spiro atoms. The quantitative estimate of drug-likeness (QED) is 0.0208. The van der Waals surface area contributed by atoms with Crippen molar-refractivity contribution in [2.24, 2.45) is 0 Å². The van der Waals surface area contributed by atoms with Gasteiger partial charge < -0.3 is 60.3 Å². The van der Waals surface area contributed by atoms with Gasteiger partial charge in [-0.3, -0.25) is 43.2 Å². The fourth-order valence-corrected chi connectivity index (χ4v) is 15.4. The maximum absolute atomic E-state index is 15.5. The van der Waals surface area contributed by atoms with Gasteiger partial charge in [0.05, 0.1) is 79.6 Å². The Bertz CT molecular complexity index is 5930. The number of rotatable bonds is 22. The molecular weight excluding hydrogens is 1670 g/mol. The number of pyridine rings is 2. The number of amides is 6. The summed E-state index contributed by atoms with van der Waals surface area (Å²) < 4.78 is 64.4. The predicted octanol–water partition coefficient (Wildman–Crippen LogP) is 14.5. The van der Waals surface area contributed by atoms with Gasteiger partial charge in [-0.1, -0.05) is 65.7 Å². The first-order chi connectivity index (χ1) is 58.2. The summed E-state index contributed by atoms with van der Waals surface area (Å²) in [5, 5.41) is 19.8. The zero-order chi connectivity index (χ0) is 85.3. The topological polar surface area (TPSA) is 353 Å². The molecule has 13 aromatic rings. The van der Waals surface area contributed by atoms with Crippen LogP contribution in [0.25, 0.3) is 43.8 Å². The average molecular weight is 1750 g/mol. The van der Waals surface area contributed by atoms with Crippen LogP contribution < -0.4 is 31.9 Å². The van der Waals surface area contributed by atoms with Crippen molar-refractivity contribution in [2.75, 3.05) is 51.5 Å². The molecule has 0 saturated carbocycles. The summed E-state index contributed by atoms with van der Waals surface area (Å²) >= 11 is 15.4. The Morgan fingerprint density at radius 2 is 0.777 bits per heavy atom. The highest BCUT2D eigenvalue weighted by Gasteiger charge is 2.43. The fraction of sp³-hybridized carbons (Fsp3) is 0.212. The lowest BCUT2D eigenvalue weighted by molar-refractivity contribution is -0.137. The highest BCUT2D eigenvalue weighted by atomic mass is 79.9. The van der Waals surface area contributed by atoms with Crippen LogP contribution in [0.15, 0.2) is 213 Å². The van der Waals surface area contributed by atoms with Crippen LogP contribution in [0.4, 0.5) is 69.0 Å². The molecule has 16 rings (SSSR count). The molecule has 0 aliphatic carbocycles. The Balaban J connectivity index is 0.000000149. The van der Waals surface area contributed by atoms with Crippen LogP contribution in [0.1, 0.15) is 71.1 Å². The van der Waals surface area contributed by atoms with Crippen molar-refractivity contribution in [3.05, 3.63) is 246 Å². The highest BCUT2D eigenvalue weighted by Crippen LogP contribution is 2.37. The van der Waals surface area contributed by atoms with Gasteiger partial charge >= 0.3 is 0 Å². The van der Waals surface area contributed by atoms with Crippen LogP contribution in [0, 0.1) is 5.82 Å². The van der Waals surface area contributed by atoms with E-state index in [2.05, 4.69) is 87.7 Å². The number of aromatic nitrogens is 11. The van der Waals surface area contributed by atoms with Gasteiger partial charge in [-0.2, -0.15) is 0 Å². The van der Waals surface area contributed by atoms with E-state index in [1.165, 1.54) is 60.5 Å². The molecular formula is C85H73BrCl2F4N20O9. The van der Waals surface area contributed by atoms with E-state index < -0.39 is 77.9 Å². The van der Waals surface area contributed by atoms with E-state index in [4.69, 9.17) is 23.2 Å². The van der Waals surface area contributed by atoms with Gasteiger partial charge in [-0.25, -0.2) is 57.4 Å². The average Bonchev–Trinajstić information content (AvgIpc) is 1.65. The van der Waals surface area contributed by atoms with Crippen molar-refractivity contribution in [1.29, 1.82) is 0 Å². The lowest BCUT2D eigenvalue weighted by atomic mass is 10.0. The number of halogens is 7. The fourth-order valence-electron chi connectivity index (χ4n) is 14.7. The molecule has 36 heteroatoms. The van der Waals surface area contributed by atoms with Crippen LogP contribution in [0.3, 0.4) is 0 Å². The second-order valence-electron chi connectivity index (χ2n) is 28.6. The van der Waals surface area contributed by atoms with E-state index in [0.29, 0.717) is 98.8 Å². The van der Waals surface area contributed by atoms with Crippen molar-refractivity contribution in [3.63, 3.8) is 0 Å². The first-order valence-electron chi connectivity index (χ1n) is 37.8. The van der Waals surface area contributed by atoms with E-state index in [0.717, 1.165) is 5.69 Å². The standard InChI is InChI=1S/C33H27ClF2N6O3.C26H23BrFN7O3.C26H23ClFN7O3/c1-19(43)26-16-41(29-10-9-21(12-25(26)29)39-22-13-37-18-38-14-22)17-31(44)42-15-20(35)11-30(42)33(45)40-28-8-4-6-24(32(28)36)23-5-2-3-7-27(23)34;2*1-15(36)20-12-34(21-6-5-17(8-19(20)21)31-18-9-29-14-30-10-18)13-25(37)35-11-16(28)7-22(35)26(38)33-24-4-2-3-23(27)32-24/h2-10,12-14,16,18,20,30,39H,11,15,17H2,1H3,(H,40,45);2*2-6,8-10,12,14,16,22,31H,7,11,13H2,1H3,(H,32,33,38)/t20-,30+;2*16-,22+/m111/s1. The van der Waals surface area contributed by atoms with Gasteiger partial charge in [-0.15, -0.1) is 0 Å². The molecule has 0 unspecified atom stereocenters. The number of alkyl halides is 3. The second-order valence-corrected chi connectivity index (χ2v) is 30.2. The molecule has 5 aromatic carbocycles. The molecule has 6 amide bonds. The maximum atomic E-state index is 15.5. The number of Topliss-reactive ketones (excluding diaryl/α,β-unsaturated/α-hetero) is 3. The lowest BCUT2D eigenvalue weighted by Gasteiger charge is -2.24. The Morgan fingerprint density at radius 1 is 0.421 bits per heavy atom. The number of carbonyl (C=O) groups excluding carboxylic acids is 9. The number of hydrogen-bond acceptors (Lipinski definition) is 20. The van der Waals surface area contributed by atoms with E-state index in [1.54, 1.807) is 173 Å². The largest absolute Gasteiger partial charge is 0.353 e. The number of nitrogens with zero attached hydrogens (tertiary/aromatic N) is 14. The minimum Gasteiger partial charge on any atom is -0.353 e. The van der Waals surface area contributed by atoms with Gasteiger partial charge in [-0.05, 0) is 128 Å². The molecule has 3 saturated heterocycles. The van der Waals surface area contributed by atoms with Crippen LogP contribution in [0.5, 0.6) is 0 Å². The predicted molar refractivity (Wildman–Crippen MR) is 451 cm³/mol. The van der Waals surface area contributed by atoms with E-state index in [9.17, 15) is 56.3 Å². The molecule has 121 heavy (non-hydrogen) atoms. The van der Waals surface area contributed by atoms with Gasteiger partial charge in [0, 0.05) is 120 Å². The third-order valence-corrected chi connectivity index (χ3v) is 21.2. The lowest BCUT2D eigenvalue weighted by Crippen LogP contribution is -2.44. The van der Waals surface area contributed by atoms with Crippen LogP contribution in [-0.2, 0) is 48.4 Å². The Morgan fingerprint density at radius 3 is 1.15 bits per heavy atom. The molecule has 6 atom stereocenters. The van der Waals surface area contributed by atoms with Crippen molar-refractivity contribution in [2.45, 2.75) is 96.3 Å². The highest BCUT2D eigenvalue weighted by molar-refractivity contribution is 9.10. The Hall–Kier alpha value is -13.7. The first-order valence-corrected chi connectivity index (χ1v) is 39.3. The van der Waals surface area contributed by atoms with E-state index in [1.807, 2.05) is 24.3 Å². The Labute approximate surface area is 705 Å². The molecule has 3 fully saturated rings. The third-order valence-electron chi connectivity index (χ3n) is 20.2. The van der Waals surface area contributed by atoms with E-state index in [-0.39, 0.29) is 98.1 Å². The number of hydrogen-bond donors (Lipinski definition) is 6. The van der Waals surface area contributed by atoms with Gasteiger partial charge in [0.15, 0.2) is 23.2 Å². The van der Waals surface area contributed by atoms with Crippen LogP contribution >= 0.6 is 39.1 Å². The summed E-state index contributed by atoms with van der Waals surface area (Å²) in [6, 6.07) is 34.1. The van der Waals surface area contributed by atoms with Crippen molar-refractivity contribution in [3.8, 4) is 11.1 Å². The molecule has 8 aromatic heterocycles. The molecule has 616 valence electrons. The summed E-state index contributed by atoms with van der Waals surface area (Å²) in [5.74, 6) is -3.87. The summed E-state index contributed by atoms with van der Waals surface area (Å²) in [7, 11) is 0. The second kappa shape index (κ2) is 37.1. The molecule has 3 aliphatic rings. The van der Waals surface area contributed by atoms with Gasteiger partial charge in [0.2, 0.25) is 35.4 Å². The van der Waals surface area contributed by atoms with Crippen molar-refractivity contribution < 1.29 is 60.7 Å². The van der Waals surface area contributed by atoms with Crippen molar-refractivity contribution in [1.82, 2.24) is 68.3 Å². The van der Waals surface area contributed by atoms with Crippen LogP contribution in [-0.4, -0.2) is 177 Å².